The molecule has 0 amide bonds. The van der Waals surface area contributed by atoms with Gasteiger partial charge >= 0.3 is 5.97 Å². The minimum atomic E-state index is -1.05. The Morgan fingerprint density at radius 2 is 1.50 bits per heavy atom. The Morgan fingerprint density at radius 3 is 2.05 bits per heavy atom. The first-order valence-corrected chi connectivity index (χ1v) is 14.2. The zero-order valence-electron chi connectivity index (χ0n) is 21.7. The van der Waals surface area contributed by atoms with Crippen molar-refractivity contribution in [2.24, 2.45) is 0 Å². The van der Waals surface area contributed by atoms with Gasteiger partial charge in [-0.05, 0) is 68.9 Å². The second-order valence-corrected chi connectivity index (χ2v) is 11.5. The number of aromatic nitrogens is 3. The lowest BCUT2D eigenvalue weighted by Gasteiger charge is -2.43. The third kappa shape index (κ3) is 4.35. The number of halogens is 1. The van der Waals surface area contributed by atoms with E-state index in [4.69, 9.17) is 5.10 Å². The summed E-state index contributed by atoms with van der Waals surface area (Å²) >= 11 is 0. The highest BCUT2D eigenvalue weighted by Crippen LogP contribution is 2.43. The maximum atomic E-state index is 13.7. The molecule has 4 heterocycles. The molecule has 2 aromatic heterocycles. The van der Waals surface area contributed by atoms with Crippen LogP contribution in [-0.2, 0) is 0 Å². The Morgan fingerprint density at radius 1 is 0.868 bits per heavy atom. The summed E-state index contributed by atoms with van der Waals surface area (Å²) in [6.45, 7) is 6.45. The number of carboxylic acid groups (broad SMARTS) is 1. The van der Waals surface area contributed by atoms with Gasteiger partial charge in [0.25, 0.3) is 0 Å². The van der Waals surface area contributed by atoms with E-state index in [0.717, 1.165) is 74.7 Å². The molecular weight excluding hydrogens is 483 g/mol. The zero-order valence-corrected chi connectivity index (χ0v) is 21.7. The molecule has 200 valence electrons. The summed E-state index contributed by atoms with van der Waals surface area (Å²) in [5.74, 6) is -1.02. The summed E-state index contributed by atoms with van der Waals surface area (Å²) in [6, 6.07) is 9.34. The highest BCUT2D eigenvalue weighted by molar-refractivity contribution is 5.98. The number of pyridine rings is 1. The molecule has 1 aromatic carbocycles. The van der Waals surface area contributed by atoms with Gasteiger partial charge in [0.1, 0.15) is 5.82 Å². The van der Waals surface area contributed by atoms with Crippen molar-refractivity contribution in [3.05, 3.63) is 47.5 Å². The molecule has 0 unspecified atom stereocenters. The van der Waals surface area contributed by atoms with Crippen molar-refractivity contribution in [2.45, 2.75) is 62.9 Å². The van der Waals surface area contributed by atoms with Crippen molar-refractivity contribution in [3.63, 3.8) is 0 Å². The van der Waals surface area contributed by atoms with Gasteiger partial charge in [-0.2, -0.15) is 5.10 Å². The van der Waals surface area contributed by atoms with E-state index in [1.165, 1.54) is 44.5 Å². The highest BCUT2D eigenvalue weighted by Gasteiger charge is 2.35. The molecule has 2 saturated carbocycles. The molecular formula is C29H35FN6O2. The lowest BCUT2D eigenvalue weighted by molar-refractivity contribution is 0.0690. The van der Waals surface area contributed by atoms with Crippen molar-refractivity contribution < 1.29 is 14.3 Å². The van der Waals surface area contributed by atoms with Crippen molar-refractivity contribution >= 4 is 22.7 Å². The molecule has 2 saturated heterocycles. The van der Waals surface area contributed by atoms with Gasteiger partial charge in [-0.1, -0.05) is 6.42 Å². The smallest absolute Gasteiger partial charge is 0.354 e. The minimum absolute atomic E-state index is 0.0224. The normalized spacial score (nSPS) is 22.2. The number of carboxylic acids is 1. The van der Waals surface area contributed by atoms with Gasteiger partial charge < -0.3 is 10.0 Å². The molecule has 4 fully saturated rings. The Bertz CT molecular complexity index is 1330. The van der Waals surface area contributed by atoms with Crippen LogP contribution < -0.4 is 4.90 Å². The van der Waals surface area contributed by atoms with Crippen LogP contribution in [0, 0.1) is 5.82 Å². The number of anilines is 1. The summed E-state index contributed by atoms with van der Waals surface area (Å²) in [6.07, 6.45) is 8.20. The number of rotatable bonds is 6. The second kappa shape index (κ2) is 9.61. The molecule has 9 heteroatoms. The molecule has 3 aromatic rings. The fraction of sp³-hybridized carbons (Fsp3) is 0.552. The molecule has 0 radical (unpaired) electrons. The summed E-state index contributed by atoms with van der Waals surface area (Å²) in [5.41, 5.74) is 3.18. The maximum absolute atomic E-state index is 13.7. The van der Waals surface area contributed by atoms with Crippen molar-refractivity contribution in [1.29, 1.82) is 0 Å². The number of hydrogen-bond acceptors (Lipinski definition) is 6. The van der Waals surface area contributed by atoms with Crippen LogP contribution in [0.3, 0.4) is 0 Å². The first kappa shape index (κ1) is 24.0. The number of hydrogen-bond donors (Lipinski definition) is 1. The van der Waals surface area contributed by atoms with Gasteiger partial charge in [0.2, 0.25) is 0 Å². The SMILES string of the molecule is O=C(O)c1cc(N2CCC(N3CCN(C4CC4)CC3)CC2)c2c(C3CCC3)nn(-c3ccc(F)cc3)c2n1. The number of piperazine rings is 1. The topological polar surface area (TPSA) is 77.7 Å². The quantitative estimate of drug-likeness (QED) is 0.522. The monoisotopic (exact) mass is 518 g/mol. The van der Waals surface area contributed by atoms with Gasteiger partial charge in [0, 0.05) is 57.3 Å². The van der Waals surface area contributed by atoms with Crippen LogP contribution in [0.5, 0.6) is 0 Å². The standard InChI is InChI=1S/C29H35FN6O2/c30-20-4-6-23(7-5-20)36-28-26(27(32-36)19-2-1-3-19)25(18-24(31-28)29(37)38)35-12-10-22(11-13-35)34-16-14-33(15-17-34)21-8-9-21/h4-7,18-19,21-22H,1-3,8-17H2,(H,37,38). The van der Waals surface area contributed by atoms with Crippen LogP contribution in [0.4, 0.5) is 10.1 Å². The van der Waals surface area contributed by atoms with Crippen LogP contribution >= 0.6 is 0 Å². The summed E-state index contributed by atoms with van der Waals surface area (Å²) in [7, 11) is 0. The average Bonchev–Trinajstić information content (AvgIpc) is 3.70. The Kier molecular flexibility index (Phi) is 6.08. The fourth-order valence-corrected chi connectivity index (χ4v) is 6.59. The van der Waals surface area contributed by atoms with Gasteiger partial charge in [-0.3, -0.25) is 9.80 Å². The molecule has 7 rings (SSSR count). The number of aromatic carboxylic acids is 1. The van der Waals surface area contributed by atoms with Crippen molar-refractivity contribution in [2.75, 3.05) is 44.2 Å². The van der Waals surface area contributed by atoms with Gasteiger partial charge in [0.05, 0.1) is 22.5 Å². The second-order valence-electron chi connectivity index (χ2n) is 11.5. The Balaban J connectivity index is 1.21. The fourth-order valence-electron chi connectivity index (χ4n) is 6.59. The molecule has 8 nitrogen and oxygen atoms in total. The number of nitrogens with zero attached hydrogens (tertiary/aromatic N) is 6. The van der Waals surface area contributed by atoms with Gasteiger partial charge in [0.15, 0.2) is 11.3 Å². The minimum Gasteiger partial charge on any atom is -0.477 e. The molecule has 1 N–H and O–H groups in total. The molecule has 2 aliphatic heterocycles. The van der Waals surface area contributed by atoms with E-state index < -0.39 is 5.97 Å². The predicted octanol–water partition coefficient (Wildman–Crippen LogP) is 4.27. The molecule has 2 aliphatic carbocycles. The molecule has 0 spiro atoms. The molecule has 38 heavy (non-hydrogen) atoms. The van der Waals surface area contributed by atoms with Crippen LogP contribution in [0.2, 0.25) is 0 Å². The third-order valence-corrected chi connectivity index (χ3v) is 9.16. The van der Waals surface area contributed by atoms with Gasteiger partial charge in [-0.15, -0.1) is 0 Å². The van der Waals surface area contributed by atoms with Gasteiger partial charge in [-0.25, -0.2) is 18.9 Å². The first-order valence-electron chi connectivity index (χ1n) is 14.2. The summed E-state index contributed by atoms with van der Waals surface area (Å²) < 4.78 is 15.4. The number of fused-ring (bicyclic) bond motifs is 1. The third-order valence-electron chi connectivity index (χ3n) is 9.16. The van der Waals surface area contributed by atoms with Crippen LogP contribution in [0.25, 0.3) is 16.7 Å². The number of benzene rings is 1. The van der Waals surface area contributed by atoms with Crippen LogP contribution in [0.15, 0.2) is 30.3 Å². The predicted molar refractivity (Wildman–Crippen MR) is 144 cm³/mol. The number of carbonyl (C=O) groups is 1. The summed E-state index contributed by atoms with van der Waals surface area (Å²) in [5, 5.41) is 15.9. The van der Waals surface area contributed by atoms with E-state index >= 15 is 0 Å². The Labute approximate surface area is 222 Å². The lowest BCUT2D eigenvalue weighted by Crippen LogP contribution is -2.53. The maximum Gasteiger partial charge on any atom is 0.354 e. The van der Waals surface area contributed by atoms with Crippen LogP contribution in [0.1, 0.15) is 67.0 Å². The highest BCUT2D eigenvalue weighted by atomic mass is 19.1. The van der Waals surface area contributed by atoms with Crippen LogP contribution in [-0.4, -0.2) is 87.0 Å². The van der Waals surface area contributed by atoms with E-state index in [9.17, 15) is 14.3 Å². The molecule has 4 aliphatic rings. The molecule has 0 bridgehead atoms. The lowest BCUT2D eigenvalue weighted by atomic mass is 9.82. The Hall–Kier alpha value is -3.04. The van der Waals surface area contributed by atoms with E-state index in [1.54, 1.807) is 22.9 Å². The molecule has 0 atom stereocenters. The first-order chi connectivity index (χ1) is 18.5. The zero-order chi connectivity index (χ0) is 25.8. The largest absolute Gasteiger partial charge is 0.477 e. The number of piperidine rings is 1. The van der Waals surface area contributed by atoms with Crippen molar-refractivity contribution in [1.82, 2.24) is 24.6 Å². The summed E-state index contributed by atoms with van der Waals surface area (Å²) in [4.78, 5) is 24.4. The van der Waals surface area contributed by atoms with Crippen molar-refractivity contribution in [3.8, 4) is 5.69 Å². The van der Waals surface area contributed by atoms with E-state index in [-0.39, 0.29) is 11.5 Å². The van der Waals surface area contributed by atoms with E-state index in [0.29, 0.717) is 23.3 Å². The van der Waals surface area contributed by atoms with E-state index in [2.05, 4.69) is 19.7 Å². The average molecular weight is 519 g/mol. The van der Waals surface area contributed by atoms with E-state index in [1.807, 2.05) is 0 Å².